The van der Waals surface area contributed by atoms with E-state index in [1.54, 1.807) is 18.2 Å². The molecule has 0 unspecified atom stereocenters. The van der Waals surface area contributed by atoms with E-state index in [-0.39, 0.29) is 11.5 Å². The molecule has 0 bridgehead atoms. The quantitative estimate of drug-likeness (QED) is 0.111. The van der Waals surface area contributed by atoms with Crippen molar-refractivity contribution in [3.63, 3.8) is 0 Å². The molecule has 2 N–H and O–H groups in total. The summed E-state index contributed by atoms with van der Waals surface area (Å²) in [5.74, 6) is -0.208. The lowest BCUT2D eigenvalue weighted by Gasteiger charge is -2.12. The summed E-state index contributed by atoms with van der Waals surface area (Å²) in [4.78, 5) is 19.9. The maximum absolute atomic E-state index is 12.0. The Balaban J connectivity index is 1.16. The molecule has 0 aliphatic rings. The fraction of sp³-hybridized carbons (Fsp3) is 0. The average Bonchev–Trinajstić information content (AvgIpc) is 3.19. The summed E-state index contributed by atoms with van der Waals surface area (Å²) in [5, 5.41) is 3.36. The molecular weight excluding hydrogens is 753 g/mol. The van der Waals surface area contributed by atoms with Gasteiger partial charge in [-0.3, -0.25) is 9.11 Å². The van der Waals surface area contributed by atoms with Crippen LogP contribution in [0.3, 0.4) is 0 Å². The van der Waals surface area contributed by atoms with E-state index in [1.807, 2.05) is 103 Å². The van der Waals surface area contributed by atoms with Crippen molar-refractivity contribution in [2.45, 2.75) is 0 Å². The van der Waals surface area contributed by atoms with Crippen molar-refractivity contribution in [1.82, 2.24) is 19.9 Å². The van der Waals surface area contributed by atoms with Gasteiger partial charge in [0.2, 0.25) is 0 Å². The van der Waals surface area contributed by atoms with Gasteiger partial charge in [0.05, 0.1) is 44.8 Å². The molecule has 12 nitrogen and oxygen atoms in total. The highest BCUT2D eigenvalue weighted by Crippen LogP contribution is 2.35. The molecule has 0 fully saturated rings. The summed E-state index contributed by atoms with van der Waals surface area (Å²) in [6.07, 6.45) is 0. The van der Waals surface area contributed by atoms with Crippen LogP contribution in [0.2, 0.25) is 0 Å². The van der Waals surface area contributed by atoms with Crippen LogP contribution in [0, 0.1) is 0 Å². The zero-order valence-corrected chi connectivity index (χ0v) is 30.4. The van der Waals surface area contributed by atoms with Gasteiger partial charge in [0.15, 0.2) is 0 Å². The second-order valence-corrected chi connectivity index (χ2v) is 14.9. The maximum atomic E-state index is 12.0. The Labute approximate surface area is 319 Å². The number of hydrogen-bond donors (Lipinski definition) is 2. The Kier molecular flexibility index (Phi) is 8.40. The van der Waals surface area contributed by atoms with E-state index in [0.29, 0.717) is 55.8 Å². The molecule has 0 aliphatic carbocycles. The predicted molar refractivity (Wildman–Crippen MR) is 214 cm³/mol. The largest absolute Gasteiger partial charge is 0.446 e. The molecule has 274 valence electrons. The summed E-state index contributed by atoms with van der Waals surface area (Å²) < 4.78 is 74.4. The van der Waals surface area contributed by atoms with Crippen LogP contribution >= 0.6 is 0 Å². The van der Waals surface area contributed by atoms with E-state index in [0.717, 1.165) is 32.8 Å². The summed E-state index contributed by atoms with van der Waals surface area (Å²) >= 11 is 0. The van der Waals surface area contributed by atoms with Crippen molar-refractivity contribution in [3.05, 3.63) is 146 Å². The average molecular weight is 779 g/mol. The Hall–Kier alpha value is -6.84. The lowest BCUT2D eigenvalue weighted by molar-refractivity contribution is 0.384. The topological polar surface area (TPSA) is 179 Å². The van der Waals surface area contributed by atoms with E-state index in [2.05, 4.69) is 4.18 Å². The monoisotopic (exact) mass is 778 g/mol. The normalized spacial score (nSPS) is 12.0. The summed E-state index contributed by atoms with van der Waals surface area (Å²) in [7, 11) is -9.56. The number of benzene rings is 5. The van der Waals surface area contributed by atoms with Crippen molar-refractivity contribution >= 4 is 64.4 Å². The van der Waals surface area contributed by atoms with Crippen LogP contribution in [0.1, 0.15) is 0 Å². The van der Waals surface area contributed by atoms with Crippen molar-refractivity contribution in [1.29, 1.82) is 0 Å². The first kappa shape index (κ1) is 34.9. The third-order valence-corrected chi connectivity index (χ3v) is 9.97. The molecule has 5 aromatic carbocycles. The van der Waals surface area contributed by atoms with Gasteiger partial charge < -0.3 is 8.37 Å². The molecule has 4 heterocycles. The summed E-state index contributed by atoms with van der Waals surface area (Å²) in [5.41, 5.74) is 7.43. The third kappa shape index (κ3) is 7.08. The third-order valence-electron chi connectivity index (χ3n) is 9.16. The zero-order chi connectivity index (χ0) is 38.6. The molecule has 4 aromatic heterocycles. The number of rotatable bonds is 8. The van der Waals surface area contributed by atoms with E-state index >= 15 is 0 Å². The predicted octanol–water partition coefficient (Wildman–Crippen LogP) is 8.91. The van der Waals surface area contributed by atoms with Crippen LogP contribution in [-0.2, 0) is 20.8 Å². The maximum Gasteiger partial charge on any atom is 0.446 e. The van der Waals surface area contributed by atoms with Crippen molar-refractivity contribution in [2.75, 3.05) is 0 Å². The molecule has 14 heteroatoms. The molecule has 0 radical (unpaired) electrons. The van der Waals surface area contributed by atoms with E-state index in [9.17, 15) is 21.4 Å². The Morgan fingerprint density at radius 2 is 0.696 bits per heavy atom. The molecule has 0 saturated carbocycles. The molecule has 56 heavy (non-hydrogen) atoms. The van der Waals surface area contributed by atoms with Gasteiger partial charge in [-0.05, 0) is 66.7 Å². The van der Waals surface area contributed by atoms with Crippen LogP contribution < -0.4 is 8.37 Å². The second kappa shape index (κ2) is 13.5. The number of aromatic nitrogens is 4. The fourth-order valence-corrected chi connectivity index (χ4v) is 7.35. The highest BCUT2D eigenvalue weighted by molar-refractivity contribution is 7.81. The second-order valence-electron chi connectivity index (χ2n) is 12.9. The van der Waals surface area contributed by atoms with Gasteiger partial charge in [0, 0.05) is 43.8 Å². The van der Waals surface area contributed by atoms with Gasteiger partial charge in [-0.15, -0.1) is 0 Å². The molecular formula is C42H26N4O8S2. The standard InChI is InChI=1S/C42H26N4O8S2/c47-55(48,49)53-33-16-10-26(11-17-33)36-19-13-28-7-9-30-15-21-38(46-42(30)40(28)44-36)32-22-31(23-34(24-32)54-56(50,51)52)37-20-14-29-8-6-27-12-18-35(25-4-2-1-3-5-25)43-39(27)41(29)45-37/h1-24H,(H,47,48,49)(H,50,51,52). The SMILES string of the molecule is O=S(=O)(O)Oc1ccc(-c2ccc3ccc4ccc(-c5cc(OS(=O)(=O)O)cc(-c6ccc7ccc8ccc(-c9ccccc9)nc8c7n6)c5)nc4c3n2)cc1. The molecule has 0 atom stereocenters. The zero-order valence-electron chi connectivity index (χ0n) is 28.8. The fourth-order valence-electron chi connectivity index (χ4n) is 6.65. The highest BCUT2D eigenvalue weighted by atomic mass is 32.3. The van der Waals surface area contributed by atoms with Crippen LogP contribution in [0.25, 0.3) is 88.6 Å². The van der Waals surface area contributed by atoms with Crippen molar-refractivity contribution in [3.8, 4) is 56.5 Å². The first-order valence-corrected chi connectivity index (χ1v) is 19.7. The van der Waals surface area contributed by atoms with Crippen LogP contribution in [0.5, 0.6) is 11.5 Å². The van der Waals surface area contributed by atoms with Crippen LogP contribution in [0.15, 0.2) is 146 Å². The minimum Gasteiger partial charge on any atom is -0.362 e. The van der Waals surface area contributed by atoms with Gasteiger partial charge in [-0.1, -0.05) is 78.9 Å². The number of pyridine rings is 4. The molecule has 9 aromatic rings. The van der Waals surface area contributed by atoms with Crippen molar-refractivity contribution < 1.29 is 34.3 Å². The lowest BCUT2D eigenvalue weighted by Crippen LogP contribution is -2.07. The summed E-state index contributed by atoms with van der Waals surface area (Å²) in [6.45, 7) is 0. The first-order chi connectivity index (χ1) is 26.9. The summed E-state index contributed by atoms with van der Waals surface area (Å²) in [6, 6.07) is 43.5. The molecule has 9 rings (SSSR count). The van der Waals surface area contributed by atoms with E-state index in [4.69, 9.17) is 28.7 Å². The van der Waals surface area contributed by atoms with Crippen LogP contribution in [0.4, 0.5) is 0 Å². The van der Waals surface area contributed by atoms with Gasteiger partial charge >= 0.3 is 20.8 Å². The highest BCUT2D eigenvalue weighted by Gasteiger charge is 2.16. The molecule has 0 spiro atoms. The Morgan fingerprint density at radius 3 is 1.09 bits per heavy atom. The smallest absolute Gasteiger partial charge is 0.362 e. The molecule has 0 amide bonds. The number of hydrogen-bond acceptors (Lipinski definition) is 10. The lowest BCUT2D eigenvalue weighted by atomic mass is 10.0. The number of nitrogens with zero attached hydrogens (tertiary/aromatic N) is 4. The molecule has 0 saturated heterocycles. The molecule has 0 aliphatic heterocycles. The Morgan fingerprint density at radius 1 is 0.357 bits per heavy atom. The van der Waals surface area contributed by atoms with Gasteiger partial charge in [-0.2, -0.15) is 16.8 Å². The van der Waals surface area contributed by atoms with Gasteiger partial charge in [-0.25, -0.2) is 19.9 Å². The minimum absolute atomic E-state index is 0.0607. The minimum atomic E-state index is -4.89. The Bertz CT molecular complexity index is 3260. The van der Waals surface area contributed by atoms with Gasteiger partial charge in [0.25, 0.3) is 0 Å². The van der Waals surface area contributed by atoms with E-state index in [1.165, 1.54) is 24.3 Å². The van der Waals surface area contributed by atoms with E-state index < -0.39 is 20.8 Å². The van der Waals surface area contributed by atoms with Crippen LogP contribution in [-0.4, -0.2) is 45.9 Å². The van der Waals surface area contributed by atoms with Crippen molar-refractivity contribution in [2.24, 2.45) is 0 Å². The van der Waals surface area contributed by atoms with Gasteiger partial charge in [0.1, 0.15) is 11.5 Å². The first-order valence-electron chi connectivity index (χ1n) is 17.0. The number of fused-ring (bicyclic) bond motifs is 6.